The molecule has 0 spiro atoms. The van der Waals surface area contributed by atoms with Crippen molar-refractivity contribution in [1.29, 1.82) is 0 Å². The van der Waals surface area contributed by atoms with Gasteiger partial charge in [-0.25, -0.2) is 14.6 Å². The topological polar surface area (TPSA) is 60.0 Å². The lowest BCUT2D eigenvalue weighted by atomic mass is 9.94. The molecule has 132 valence electrons. The summed E-state index contributed by atoms with van der Waals surface area (Å²) < 4.78 is 7.99. The maximum absolute atomic E-state index is 5.95. The first kappa shape index (κ1) is 17.1. The third-order valence-corrected chi connectivity index (χ3v) is 4.65. The molecule has 2 aromatic rings. The van der Waals surface area contributed by atoms with Gasteiger partial charge in [-0.1, -0.05) is 20.8 Å². The molecule has 3 rings (SSSR count). The number of rotatable bonds is 4. The molecule has 6 heteroatoms. The van der Waals surface area contributed by atoms with Crippen molar-refractivity contribution in [1.82, 2.24) is 24.6 Å². The Morgan fingerprint density at radius 1 is 1.29 bits per heavy atom. The molecule has 0 bridgehead atoms. The van der Waals surface area contributed by atoms with Crippen molar-refractivity contribution in [3.8, 4) is 0 Å². The van der Waals surface area contributed by atoms with Gasteiger partial charge in [-0.15, -0.1) is 0 Å². The normalized spacial score (nSPS) is 19.8. The van der Waals surface area contributed by atoms with Crippen molar-refractivity contribution >= 4 is 0 Å². The van der Waals surface area contributed by atoms with Crippen LogP contribution >= 0.6 is 0 Å². The first-order valence-electron chi connectivity index (χ1n) is 8.87. The van der Waals surface area contributed by atoms with Gasteiger partial charge in [-0.2, -0.15) is 5.10 Å². The van der Waals surface area contributed by atoms with Crippen LogP contribution in [0.5, 0.6) is 0 Å². The molecular formula is C18H29N5O. The first-order valence-corrected chi connectivity index (χ1v) is 8.87. The Kier molecular flexibility index (Phi) is 4.76. The van der Waals surface area contributed by atoms with Crippen LogP contribution in [0.1, 0.15) is 56.9 Å². The lowest BCUT2D eigenvalue weighted by Crippen LogP contribution is -2.37. The van der Waals surface area contributed by atoms with Gasteiger partial charge in [0.15, 0.2) is 0 Å². The Morgan fingerprint density at radius 2 is 2.08 bits per heavy atom. The van der Waals surface area contributed by atoms with Crippen LogP contribution in [0.4, 0.5) is 0 Å². The zero-order valence-corrected chi connectivity index (χ0v) is 15.5. The summed E-state index contributed by atoms with van der Waals surface area (Å²) in [5, 5.41) is 4.50. The average molecular weight is 331 g/mol. The molecule has 1 atom stereocenters. The number of oxazole rings is 1. The van der Waals surface area contributed by atoms with E-state index >= 15 is 0 Å². The maximum Gasteiger partial charge on any atom is 0.208 e. The Labute approximate surface area is 144 Å². The van der Waals surface area contributed by atoms with Gasteiger partial charge in [0.2, 0.25) is 5.89 Å². The Hall–Kier alpha value is -1.69. The molecule has 0 amide bonds. The average Bonchev–Trinajstić information content (AvgIpc) is 3.06. The lowest BCUT2D eigenvalue weighted by molar-refractivity contribution is 0.140. The number of hydrogen-bond acceptors (Lipinski definition) is 5. The van der Waals surface area contributed by atoms with Gasteiger partial charge in [-0.05, 0) is 39.2 Å². The van der Waals surface area contributed by atoms with E-state index in [1.54, 1.807) is 0 Å². The molecule has 1 saturated heterocycles. The molecule has 0 unspecified atom stereocenters. The summed E-state index contributed by atoms with van der Waals surface area (Å²) in [6.45, 7) is 14.3. The minimum atomic E-state index is 0.0121. The van der Waals surface area contributed by atoms with E-state index in [0.29, 0.717) is 5.92 Å². The highest BCUT2D eigenvalue weighted by Gasteiger charge is 2.24. The third kappa shape index (κ3) is 4.04. The summed E-state index contributed by atoms with van der Waals surface area (Å²) in [5.74, 6) is 4.26. The summed E-state index contributed by atoms with van der Waals surface area (Å²) in [6, 6.07) is 0. The number of nitrogens with zero attached hydrogens (tertiary/aromatic N) is 5. The molecule has 2 aromatic heterocycles. The van der Waals surface area contributed by atoms with E-state index in [4.69, 9.17) is 4.42 Å². The minimum absolute atomic E-state index is 0.0121. The smallest absolute Gasteiger partial charge is 0.208 e. The predicted molar refractivity (Wildman–Crippen MR) is 92.7 cm³/mol. The molecule has 0 aromatic carbocycles. The van der Waals surface area contributed by atoms with E-state index in [-0.39, 0.29) is 5.41 Å². The SMILES string of the molecule is Cc1nc(C)n(C[C@@H]2CCCN(Cc3ncc(C(C)(C)C)o3)C2)n1. The summed E-state index contributed by atoms with van der Waals surface area (Å²) in [6.07, 6.45) is 4.33. The quantitative estimate of drug-likeness (QED) is 0.861. The number of aromatic nitrogens is 4. The van der Waals surface area contributed by atoms with Crippen molar-refractivity contribution in [2.75, 3.05) is 13.1 Å². The fraction of sp³-hybridized carbons (Fsp3) is 0.722. The predicted octanol–water partition coefficient (Wildman–Crippen LogP) is 3.09. The Bertz CT molecular complexity index is 682. The van der Waals surface area contributed by atoms with Crippen LogP contribution in [0.25, 0.3) is 0 Å². The molecule has 6 nitrogen and oxygen atoms in total. The van der Waals surface area contributed by atoms with E-state index in [1.807, 2.05) is 24.7 Å². The Morgan fingerprint density at radius 3 is 2.71 bits per heavy atom. The van der Waals surface area contributed by atoms with Crippen LogP contribution in [0, 0.1) is 19.8 Å². The van der Waals surface area contributed by atoms with Crippen LogP contribution < -0.4 is 0 Å². The van der Waals surface area contributed by atoms with E-state index < -0.39 is 0 Å². The molecule has 0 aliphatic carbocycles. The summed E-state index contributed by atoms with van der Waals surface area (Å²) >= 11 is 0. The van der Waals surface area contributed by atoms with Crippen molar-refractivity contribution in [2.24, 2.45) is 5.92 Å². The number of hydrogen-bond donors (Lipinski definition) is 0. The maximum atomic E-state index is 5.95. The van der Waals surface area contributed by atoms with Crippen LogP contribution in [0.3, 0.4) is 0 Å². The van der Waals surface area contributed by atoms with Gasteiger partial charge in [-0.3, -0.25) is 4.90 Å². The van der Waals surface area contributed by atoms with E-state index in [2.05, 4.69) is 40.7 Å². The number of likely N-dealkylation sites (tertiary alicyclic amines) is 1. The summed E-state index contributed by atoms with van der Waals surface area (Å²) in [5.41, 5.74) is 0.0121. The molecule has 24 heavy (non-hydrogen) atoms. The standard InChI is InChI=1S/C18H29N5O/c1-13-20-14(2)23(21-13)11-15-7-6-8-22(10-15)12-17-19-9-16(24-17)18(3,4)5/h9,15H,6-8,10-12H2,1-5H3/t15-/m1/s1. The highest BCUT2D eigenvalue weighted by atomic mass is 16.4. The fourth-order valence-corrected chi connectivity index (χ4v) is 3.34. The van der Waals surface area contributed by atoms with Gasteiger partial charge in [0.1, 0.15) is 17.4 Å². The summed E-state index contributed by atoms with van der Waals surface area (Å²) in [4.78, 5) is 11.3. The molecule has 0 saturated carbocycles. The lowest BCUT2D eigenvalue weighted by Gasteiger charge is -2.31. The molecule has 1 fully saturated rings. The molecule has 3 heterocycles. The third-order valence-electron chi connectivity index (χ3n) is 4.65. The molecule has 1 aliphatic rings. The number of aryl methyl sites for hydroxylation is 2. The zero-order chi connectivity index (χ0) is 17.3. The van der Waals surface area contributed by atoms with Crippen LogP contribution in [0.15, 0.2) is 10.6 Å². The van der Waals surface area contributed by atoms with Gasteiger partial charge in [0.05, 0.1) is 12.7 Å². The second kappa shape index (κ2) is 6.67. The first-order chi connectivity index (χ1) is 11.3. The van der Waals surface area contributed by atoms with Gasteiger partial charge in [0, 0.05) is 18.5 Å². The largest absolute Gasteiger partial charge is 0.444 e. The van der Waals surface area contributed by atoms with Crippen molar-refractivity contribution < 1.29 is 4.42 Å². The molecule has 1 aliphatic heterocycles. The van der Waals surface area contributed by atoms with Crippen molar-refractivity contribution in [3.05, 3.63) is 29.5 Å². The minimum Gasteiger partial charge on any atom is -0.444 e. The molecule has 0 N–H and O–H groups in total. The monoisotopic (exact) mass is 331 g/mol. The van der Waals surface area contributed by atoms with Crippen molar-refractivity contribution in [3.63, 3.8) is 0 Å². The van der Waals surface area contributed by atoms with Gasteiger partial charge >= 0.3 is 0 Å². The highest BCUT2D eigenvalue weighted by Crippen LogP contribution is 2.24. The number of piperidine rings is 1. The van der Waals surface area contributed by atoms with Gasteiger partial charge in [0.25, 0.3) is 0 Å². The van der Waals surface area contributed by atoms with Crippen molar-refractivity contribution in [2.45, 2.75) is 66.0 Å². The van der Waals surface area contributed by atoms with Crippen LogP contribution in [-0.4, -0.2) is 37.7 Å². The molecule has 0 radical (unpaired) electrons. The van der Waals surface area contributed by atoms with Crippen LogP contribution in [-0.2, 0) is 18.5 Å². The Balaban J connectivity index is 1.59. The van der Waals surface area contributed by atoms with E-state index in [1.165, 1.54) is 12.8 Å². The zero-order valence-electron chi connectivity index (χ0n) is 15.5. The molecular weight excluding hydrogens is 302 g/mol. The second-order valence-corrected chi connectivity index (χ2v) is 8.00. The van der Waals surface area contributed by atoms with Crippen LogP contribution in [0.2, 0.25) is 0 Å². The fourth-order valence-electron chi connectivity index (χ4n) is 3.34. The highest BCUT2D eigenvalue weighted by molar-refractivity contribution is 5.06. The van der Waals surface area contributed by atoms with Gasteiger partial charge < -0.3 is 4.42 Å². The second-order valence-electron chi connectivity index (χ2n) is 8.00. The van der Waals surface area contributed by atoms with E-state index in [9.17, 15) is 0 Å². The van der Waals surface area contributed by atoms with E-state index in [0.717, 1.165) is 49.5 Å². The summed E-state index contributed by atoms with van der Waals surface area (Å²) in [7, 11) is 0.